The van der Waals surface area contributed by atoms with Gasteiger partial charge in [-0.15, -0.1) is 0 Å². The molecule has 7 heteroatoms. The molecule has 0 spiro atoms. The molecule has 3 N–H and O–H groups in total. The van der Waals surface area contributed by atoms with E-state index in [-0.39, 0.29) is 11.8 Å². The number of aromatic nitrogens is 2. The Labute approximate surface area is 156 Å². The first-order valence-corrected chi connectivity index (χ1v) is 8.36. The van der Waals surface area contributed by atoms with E-state index < -0.39 is 0 Å². The number of H-pyrrole nitrogens is 1. The highest BCUT2D eigenvalue weighted by Crippen LogP contribution is 2.18. The van der Waals surface area contributed by atoms with Crippen molar-refractivity contribution in [3.05, 3.63) is 71.0 Å². The zero-order valence-electron chi connectivity index (χ0n) is 15.3. The summed E-state index contributed by atoms with van der Waals surface area (Å²) in [6.45, 7) is 3.66. The molecule has 0 saturated heterocycles. The monoisotopic (exact) mass is 364 g/mol. The highest BCUT2D eigenvalue weighted by Gasteiger charge is 2.12. The fourth-order valence-electron chi connectivity index (χ4n) is 2.57. The highest BCUT2D eigenvalue weighted by atomic mass is 16.5. The predicted octanol–water partition coefficient (Wildman–Crippen LogP) is 3.54. The van der Waals surface area contributed by atoms with Gasteiger partial charge < -0.3 is 15.4 Å². The molecule has 138 valence electrons. The average Bonchev–Trinajstić information content (AvgIpc) is 3.00. The first kappa shape index (κ1) is 18.2. The molecule has 2 aromatic carbocycles. The largest absolute Gasteiger partial charge is 0.497 e. The fourth-order valence-corrected chi connectivity index (χ4v) is 2.57. The Morgan fingerprint density at radius 1 is 0.889 bits per heavy atom. The van der Waals surface area contributed by atoms with Crippen LogP contribution in [0.1, 0.15) is 32.1 Å². The first-order valence-electron chi connectivity index (χ1n) is 8.36. The van der Waals surface area contributed by atoms with Crippen molar-refractivity contribution in [1.82, 2.24) is 10.2 Å². The molecule has 27 heavy (non-hydrogen) atoms. The minimum absolute atomic E-state index is 0.237. The van der Waals surface area contributed by atoms with Gasteiger partial charge in [-0.2, -0.15) is 5.10 Å². The summed E-state index contributed by atoms with van der Waals surface area (Å²) in [7, 11) is 1.57. The summed E-state index contributed by atoms with van der Waals surface area (Å²) in [6.07, 6.45) is 0. The van der Waals surface area contributed by atoms with Crippen LogP contribution in [0.4, 0.5) is 11.4 Å². The number of aryl methyl sites for hydroxylation is 2. The lowest BCUT2D eigenvalue weighted by molar-refractivity contribution is 0.102. The van der Waals surface area contributed by atoms with Gasteiger partial charge in [-0.05, 0) is 62.4 Å². The number of nitrogens with one attached hydrogen (secondary N) is 3. The van der Waals surface area contributed by atoms with Gasteiger partial charge in [0.1, 0.15) is 5.75 Å². The van der Waals surface area contributed by atoms with E-state index in [1.807, 2.05) is 13.8 Å². The summed E-state index contributed by atoms with van der Waals surface area (Å²) < 4.78 is 5.08. The molecule has 0 aliphatic carbocycles. The molecular weight excluding hydrogens is 344 g/mol. The lowest BCUT2D eigenvalue weighted by Crippen LogP contribution is -2.14. The van der Waals surface area contributed by atoms with Crippen LogP contribution in [0, 0.1) is 13.8 Å². The highest BCUT2D eigenvalue weighted by molar-refractivity contribution is 6.06. The molecule has 3 aromatic rings. The molecule has 3 rings (SSSR count). The lowest BCUT2D eigenvalue weighted by atomic mass is 10.1. The molecule has 2 amide bonds. The zero-order chi connectivity index (χ0) is 19.4. The summed E-state index contributed by atoms with van der Waals surface area (Å²) in [6, 6.07) is 13.5. The van der Waals surface area contributed by atoms with Gasteiger partial charge >= 0.3 is 0 Å². The second kappa shape index (κ2) is 7.74. The van der Waals surface area contributed by atoms with Crippen LogP contribution in [-0.2, 0) is 0 Å². The van der Waals surface area contributed by atoms with Crippen LogP contribution in [-0.4, -0.2) is 29.1 Å². The van der Waals surface area contributed by atoms with Gasteiger partial charge in [0.25, 0.3) is 11.8 Å². The number of ether oxygens (including phenoxy) is 1. The van der Waals surface area contributed by atoms with E-state index in [2.05, 4.69) is 20.8 Å². The van der Waals surface area contributed by atoms with Crippen molar-refractivity contribution < 1.29 is 14.3 Å². The molecule has 0 aliphatic rings. The summed E-state index contributed by atoms with van der Waals surface area (Å²) in [4.78, 5) is 24.7. The number of aromatic amines is 1. The number of nitrogens with zero attached hydrogens (tertiary/aromatic N) is 1. The molecule has 0 saturated carbocycles. The van der Waals surface area contributed by atoms with Gasteiger partial charge in [0, 0.05) is 16.8 Å². The van der Waals surface area contributed by atoms with E-state index in [1.165, 1.54) is 0 Å². The van der Waals surface area contributed by atoms with Gasteiger partial charge in [-0.3, -0.25) is 14.7 Å². The Hall–Kier alpha value is -3.61. The maximum Gasteiger partial charge on any atom is 0.255 e. The molecule has 1 aromatic heterocycles. The zero-order valence-corrected chi connectivity index (χ0v) is 15.3. The SMILES string of the molecule is COc1ccc(C(=O)Nc2ccc(C(=O)Nc3c(C)n[nH]c3C)cc2)cc1. The number of amides is 2. The fraction of sp³-hybridized carbons (Fsp3) is 0.150. The minimum Gasteiger partial charge on any atom is -0.497 e. The van der Waals surface area contributed by atoms with E-state index >= 15 is 0 Å². The molecule has 0 radical (unpaired) electrons. The maximum absolute atomic E-state index is 12.4. The number of rotatable bonds is 5. The molecule has 0 fully saturated rings. The van der Waals surface area contributed by atoms with Crippen LogP contribution < -0.4 is 15.4 Å². The second-order valence-corrected chi connectivity index (χ2v) is 6.02. The normalized spacial score (nSPS) is 10.3. The predicted molar refractivity (Wildman–Crippen MR) is 103 cm³/mol. The quantitative estimate of drug-likeness (QED) is 0.645. The van der Waals surface area contributed by atoms with Crippen molar-refractivity contribution in [3.8, 4) is 5.75 Å². The van der Waals surface area contributed by atoms with Crippen molar-refractivity contribution in [3.63, 3.8) is 0 Å². The molecule has 0 unspecified atom stereocenters. The van der Waals surface area contributed by atoms with Gasteiger partial charge in [0.2, 0.25) is 0 Å². The third-order valence-electron chi connectivity index (χ3n) is 4.12. The van der Waals surface area contributed by atoms with E-state index in [9.17, 15) is 9.59 Å². The standard InChI is InChI=1S/C20H20N4O3/c1-12-18(13(2)24-23-12)22-20(26)14-4-8-16(9-5-14)21-19(25)15-6-10-17(27-3)11-7-15/h4-11H,1-3H3,(H,21,25)(H,22,26)(H,23,24). The van der Waals surface area contributed by atoms with Gasteiger partial charge in [0.15, 0.2) is 0 Å². The second-order valence-electron chi connectivity index (χ2n) is 6.02. The summed E-state index contributed by atoms with van der Waals surface area (Å²) in [5, 5.41) is 12.5. The third-order valence-corrected chi connectivity index (χ3v) is 4.12. The number of anilines is 2. The van der Waals surface area contributed by atoms with E-state index in [1.54, 1.807) is 55.6 Å². The van der Waals surface area contributed by atoms with Crippen molar-refractivity contribution in [1.29, 1.82) is 0 Å². The van der Waals surface area contributed by atoms with Gasteiger partial charge in [-0.25, -0.2) is 0 Å². The third kappa shape index (κ3) is 4.14. The molecule has 7 nitrogen and oxygen atoms in total. The van der Waals surface area contributed by atoms with Crippen molar-refractivity contribution >= 4 is 23.2 Å². The van der Waals surface area contributed by atoms with Gasteiger partial charge in [-0.1, -0.05) is 0 Å². The van der Waals surface area contributed by atoms with Crippen LogP contribution in [0.2, 0.25) is 0 Å². The van der Waals surface area contributed by atoms with Crippen molar-refractivity contribution in [2.75, 3.05) is 17.7 Å². The lowest BCUT2D eigenvalue weighted by Gasteiger charge is -2.08. The number of hydrogen-bond donors (Lipinski definition) is 3. The molecule has 1 heterocycles. The molecular formula is C20H20N4O3. The Bertz CT molecular complexity index is 940. The van der Waals surface area contributed by atoms with Crippen molar-refractivity contribution in [2.24, 2.45) is 0 Å². The Kier molecular flexibility index (Phi) is 5.21. The average molecular weight is 364 g/mol. The van der Waals surface area contributed by atoms with Crippen LogP contribution in [0.3, 0.4) is 0 Å². The Morgan fingerprint density at radius 2 is 1.44 bits per heavy atom. The number of carbonyl (C=O) groups excluding carboxylic acids is 2. The van der Waals surface area contributed by atoms with Crippen LogP contribution in [0.5, 0.6) is 5.75 Å². The molecule has 0 atom stereocenters. The Morgan fingerprint density at radius 3 is 1.96 bits per heavy atom. The topological polar surface area (TPSA) is 96.1 Å². The van der Waals surface area contributed by atoms with Gasteiger partial charge in [0.05, 0.1) is 24.2 Å². The Balaban J connectivity index is 1.65. The number of benzene rings is 2. The van der Waals surface area contributed by atoms with Crippen LogP contribution >= 0.6 is 0 Å². The van der Waals surface area contributed by atoms with Crippen LogP contribution in [0.25, 0.3) is 0 Å². The van der Waals surface area contributed by atoms with E-state index in [0.717, 1.165) is 11.4 Å². The number of carbonyl (C=O) groups is 2. The van der Waals surface area contributed by atoms with Crippen molar-refractivity contribution in [2.45, 2.75) is 13.8 Å². The van der Waals surface area contributed by atoms with E-state index in [4.69, 9.17) is 4.74 Å². The summed E-state index contributed by atoms with van der Waals surface area (Å²) >= 11 is 0. The molecule has 0 bridgehead atoms. The molecule has 0 aliphatic heterocycles. The minimum atomic E-state index is -0.240. The maximum atomic E-state index is 12.4. The summed E-state index contributed by atoms with van der Waals surface area (Å²) in [5.74, 6) is 0.208. The smallest absolute Gasteiger partial charge is 0.255 e. The number of methoxy groups -OCH3 is 1. The van der Waals surface area contributed by atoms with Crippen LogP contribution in [0.15, 0.2) is 48.5 Å². The van der Waals surface area contributed by atoms with E-state index in [0.29, 0.717) is 28.3 Å². The number of hydrogen-bond acceptors (Lipinski definition) is 4. The summed E-state index contributed by atoms with van der Waals surface area (Å²) in [5.41, 5.74) is 3.80. The first-order chi connectivity index (χ1) is 13.0.